The second-order valence-corrected chi connectivity index (χ2v) is 3.96. The van der Waals surface area contributed by atoms with Crippen molar-refractivity contribution in [1.29, 1.82) is 0 Å². The number of H-pyrrole nitrogens is 1. The van der Waals surface area contributed by atoms with Gasteiger partial charge in [-0.3, -0.25) is 0 Å². The first kappa shape index (κ1) is 8.78. The predicted octanol–water partition coefficient (Wildman–Crippen LogP) is 2.70. The van der Waals surface area contributed by atoms with E-state index in [1.54, 1.807) is 0 Å². The van der Waals surface area contributed by atoms with Crippen LogP contribution in [0.15, 0.2) is 22.8 Å². The number of fused-ring (bicyclic) bond motifs is 1. The van der Waals surface area contributed by atoms with Crippen molar-refractivity contribution >= 4 is 26.8 Å². The lowest BCUT2D eigenvalue weighted by atomic mass is 10.1. The lowest BCUT2D eigenvalue weighted by Crippen LogP contribution is -1.95. The molecule has 0 fully saturated rings. The SMILES string of the molecule is Cc1ccc2c(CN)c(Br)[nH]c2c1. The van der Waals surface area contributed by atoms with E-state index in [0.29, 0.717) is 6.54 Å². The Kier molecular flexibility index (Phi) is 2.14. The summed E-state index contributed by atoms with van der Waals surface area (Å²) in [4.78, 5) is 3.26. The molecule has 0 spiro atoms. The highest BCUT2D eigenvalue weighted by Gasteiger charge is 2.06. The second-order valence-electron chi connectivity index (χ2n) is 3.17. The van der Waals surface area contributed by atoms with Crippen LogP contribution < -0.4 is 5.73 Å². The summed E-state index contributed by atoms with van der Waals surface area (Å²) in [5, 5.41) is 1.21. The molecule has 3 heteroatoms. The molecule has 0 aliphatic carbocycles. The standard InChI is InChI=1S/C10H11BrN2/c1-6-2-3-7-8(5-12)10(11)13-9(7)4-6/h2-4,13H,5,12H2,1H3. The van der Waals surface area contributed by atoms with Crippen molar-refractivity contribution in [2.45, 2.75) is 13.5 Å². The van der Waals surface area contributed by atoms with Gasteiger partial charge in [-0.15, -0.1) is 0 Å². The Morgan fingerprint density at radius 1 is 1.46 bits per heavy atom. The zero-order valence-corrected chi connectivity index (χ0v) is 8.98. The minimum Gasteiger partial charge on any atom is -0.349 e. The van der Waals surface area contributed by atoms with Crippen LogP contribution in [0.2, 0.25) is 0 Å². The van der Waals surface area contributed by atoms with E-state index in [4.69, 9.17) is 5.73 Å². The van der Waals surface area contributed by atoms with Crippen LogP contribution >= 0.6 is 15.9 Å². The molecule has 0 saturated carbocycles. The van der Waals surface area contributed by atoms with Crippen LogP contribution in [0.5, 0.6) is 0 Å². The number of aryl methyl sites for hydroxylation is 1. The van der Waals surface area contributed by atoms with E-state index in [1.165, 1.54) is 10.9 Å². The predicted molar refractivity (Wildman–Crippen MR) is 58.6 cm³/mol. The van der Waals surface area contributed by atoms with Crippen molar-refractivity contribution in [3.63, 3.8) is 0 Å². The first-order valence-corrected chi connectivity index (χ1v) is 4.98. The van der Waals surface area contributed by atoms with Crippen molar-refractivity contribution in [2.24, 2.45) is 5.73 Å². The summed E-state index contributed by atoms with van der Waals surface area (Å²) in [5.41, 5.74) is 9.20. The van der Waals surface area contributed by atoms with Gasteiger partial charge in [-0.1, -0.05) is 12.1 Å². The summed E-state index contributed by atoms with van der Waals surface area (Å²) in [6.45, 7) is 2.64. The van der Waals surface area contributed by atoms with E-state index in [9.17, 15) is 0 Å². The molecule has 0 aliphatic heterocycles. The fraction of sp³-hybridized carbons (Fsp3) is 0.200. The molecule has 13 heavy (non-hydrogen) atoms. The molecular formula is C10H11BrN2. The van der Waals surface area contributed by atoms with Crippen LogP contribution in [-0.2, 0) is 6.54 Å². The molecule has 1 heterocycles. The average molecular weight is 239 g/mol. The molecule has 2 rings (SSSR count). The van der Waals surface area contributed by atoms with Gasteiger partial charge in [0.2, 0.25) is 0 Å². The van der Waals surface area contributed by atoms with Crippen LogP contribution in [0.4, 0.5) is 0 Å². The number of hydrogen-bond donors (Lipinski definition) is 2. The summed E-state index contributed by atoms with van der Waals surface area (Å²) in [6, 6.07) is 6.33. The molecule has 68 valence electrons. The Morgan fingerprint density at radius 2 is 2.23 bits per heavy atom. The normalized spacial score (nSPS) is 11.0. The Bertz CT molecular complexity index is 445. The van der Waals surface area contributed by atoms with Gasteiger partial charge in [0.05, 0.1) is 4.60 Å². The zero-order valence-electron chi connectivity index (χ0n) is 7.39. The summed E-state index contributed by atoms with van der Waals surface area (Å²) >= 11 is 3.46. The maximum atomic E-state index is 5.65. The molecule has 3 N–H and O–H groups in total. The number of aromatic amines is 1. The second kappa shape index (κ2) is 3.16. The lowest BCUT2D eigenvalue weighted by Gasteiger charge is -1.95. The van der Waals surface area contributed by atoms with E-state index in [0.717, 1.165) is 15.7 Å². The number of halogens is 1. The van der Waals surface area contributed by atoms with Gasteiger partial charge in [0, 0.05) is 23.0 Å². The molecule has 0 saturated heterocycles. The fourth-order valence-electron chi connectivity index (χ4n) is 1.54. The lowest BCUT2D eigenvalue weighted by molar-refractivity contribution is 1.07. The van der Waals surface area contributed by atoms with Gasteiger partial charge in [0.15, 0.2) is 0 Å². The monoisotopic (exact) mass is 238 g/mol. The van der Waals surface area contributed by atoms with E-state index in [2.05, 4.69) is 46.0 Å². The molecule has 0 unspecified atom stereocenters. The summed E-state index contributed by atoms with van der Waals surface area (Å²) in [5.74, 6) is 0. The summed E-state index contributed by atoms with van der Waals surface area (Å²) in [7, 11) is 0. The maximum Gasteiger partial charge on any atom is 0.0876 e. The minimum atomic E-state index is 0.559. The third-order valence-corrected chi connectivity index (χ3v) is 2.89. The average Bonchev–Trinajstić information content (AvgIpc) is 2.39. The number of aromatic nitrogens is 1. The smallest absolute Gasteiger partial charge is 0.0876 e. The van der Waals surface area contributed by atoms with Crippen molar-refractivity contribution in [1.82, 2.24) is 4.98 Å². The number of nitrogens with two attached hydrogens (primary N) is 1. The highest BCUT2D eigenvalue weighted by atomic mass is 79.9. The van der Waals surface area contributed by atoms with E-state index in [-0.39, 0.29) is 0 Å². The Balaban J connectivity index is 2.79. The summed E-state index contributed by atoms with van der Waals surface area (Å²) < 4.78 is 0.996. The van der Waals surface area contributed by atoms with Crippen LogP contribution in [0, 0.1) is 6.92 Å². The Hall–Kier alpha value is -0.800. The van der Waals surface area contributed by atoms with Crippen molar-refractivity contribution in [3.8, 4) is 0 Å². The first-order chi connectivity index (χ1) is 6.22. The largest absolute Gasteiger partial charge is 0.349 e. The van der Waals surface area contributed by atoms with Crippen molar-refractivity contribution in [2.75, 3.05) is 0 Å². The molecule has 0 radical (unpaired) electrons. The van der Waals surface area contributed by atoms with Gasteiger partial charge >= 0.3 is 0 Å². The molecule has 0 bridgehead atoms. The fourth-order valence-corrected chi connectivity index (χ4v) is 2.13. The molecular weight excluding hydrogens is 228 g/mol. The van der Waals surface area contributed by atoms with Crippen LogP contribution in [0.3, 0.4) is 0 Å². The minimum absolute atomic E-state index is 0.559. The first-order valence-electron chi connectivity index (χ1n) is 4.19. The van der Waals surface area contributed by atoms with Gasteiger partial charge < -0.3 is 10.7 Å². The number of nitrogens with one attached hydrogen (secondary N) is 1. The maximum absolute atomic E-state index is 5.65. The highest BCUT2D eigenvalue weighted by Crippen LogP contribution is 2.26. The van der Waals surface area contributed by atoms with E-state index < -0.39 is 0 Å². The molecule has 2 aromatic rings. The molecule has 2 nitrogen and oxygen atoms in total. The molecule has 0 atom stereocenters. The van der Waals surface area contributed by atoms with Gasteiger partial charge in [-0.25, -0.2) is 0 Å². The van der Waals surface area contributed by atoms with Gasteiger partial charge in [0.1, 0.15) is 0 Å². The molecule has 0 aliphatic rings. The third kappa shape index (κ3) is 1.38. The van der Waals surface area contributed by atoms with Crippen molar-refractivity contribution in [3.05, 3.63) is 33.9 Å². The quantitative estimate of drug-likeness (QED) is 0.789. The van der Waals surface area contributed by atoms with Crippen LogP contribution in [-0.4, -0.2) is 4.98 Å². The number of rotatable bonds is 1. The molecule has 1 aromatic carbocycles. The molecule has 0 amide bonds. The topological polar surface area (TPSA) is 41.8 Å². The van der Waals surface area contributed by atoms with Gasteiger partial charge in [-0.05, 0) is 34.5 Å². The van der Waals surface area contributed by atoms with Crippen LogP contribution in [0.1, 0.15) is 11.1 Å². The van der Waals surface area contributed by atoms with Crippen molar-refractivity contribution < 1.29 is 0 Å². The highest BCUT2D eigenvalue weighted by molar-refractivity contribution is 9.10. The molecule has 1 aromatic heterocycles. The van der Waals surface area contributed by atoms with Gasteiger partial charge in [0.25, 0.3) is 0 Å². The Morgan fingerprint density at radius 3 is 2.92 bits per heavy atom. The van der Waals surface area contributed by atoms with Gasteiger partial charge in [-0.2, -0.15) is 0 Å². The van der Waals surface area contributed by atoms with E-state index in [1.807, 2.05) is 0 Å². The van der Waals surface area contributed by atoms with E-state index >= 15 is 0 Å². The number of benzene rings is 1. The number of hydrogen-bond acceptors (Lipinski definition) is 1. The zero-order chi connectivity index (χ0) is 9.42. The van der Waals surface area contributed by atoms with Crippen LogP contribution in [0.25, 0.3) is 10.9 Å². The Labute approximate surface area is 85.3 Å². The summed E-state index contributed by atoms with van der Waals surface area (Å²) in [6.07, 6.45) is 0. The third-order valence-electron chi connectivity index (χ3n) is 2.21.